The first-order chi connectivity index (χ1) is 40.4. The number of aliphatic carboxylic acids is 1. The molecule has 0 saturated heterocycles. The summed E-state index contributed by atoms with van der Waals surface area (Å²) in [5.41, 5.74) is 18.1. The summed E-state index contributed by atoms with van der Waals surface area (Å²) >= 11 is 0. The maximum absolute atomic E-state index is 11.4. The van der Waals surface area contributed by atoms with Gasteiger partial charge in [0.15, 0.2) is 0 Å². The quantitative estimate of drug-likeness (QED) is 0.0436. The topological polar surface area (TPSA) is 298 Å². The number of fused-ring (bicyclic) bond motifs is 2. The molecule has 0 atom stereocenters. The molecule has 2 heterocycles. The van der Waals surface area contributed by atoms with E-state index in [1.807, 2.05) is 74.5 Å². The van der Waals surface area contributed by atoms with Gasteiger partial charge in [-0.1, -0.05) is 197 Å². The lowest BCUT2D eigenvalue weighted by Crippen LogP contribution is -2.32. The molecule has 0 aromatic heterocycles. The number of hydrogen-bond donors (Lipinski definition) is 8. The fraction of sp³-hybridized carbons (Fsp3) is 0.629. The predicted octanol–water partition coefficient (Wildman–Crippen LogP) is 14.5. The second kappa shape index (κ2) is 41.9. The molecular weight excluding hydrogens is 1160 g/mol. The first kappa shape index (κ1) is 94.8. The van der Waals surface area contributed by atoms with Crippen LogP contribution in [-0.4, -0.2) is 91.2 Å². The highest BCUT2D eigenvalue weighted by atomic mass is 19.3. The SMILES string of the molecule is CC(=O)NC1=Nc2ccc(C(C)(C)C)cc2C1.CC(=O)O.CC(C)(C)C(=O)NO.CC(C)(C)C(N)=O.CC(C)(C)C=C(F)F.CC(C)(C)c1ccc2c(c1)CC(N)=N2.CNC(=O)/C=C/C(C)(C)C.CNC(=O)C(C)(C)C.COC(=O)C(C)(C)C.[C-]#[N+]CC(C)(C)C. The Labute approximate surface area is 547 Å². The van der Waals surface area contributed by atoms with Gasteiger partial charge in [0.05, 0.1) is 23.9 Å². The van der Waals surface area contributed by atoms with Gasteiger partial charge in [0, 0.05) is 62.4 Å². The second-order valence-electron chi connectivity index (χ2n) is 30.8. The Morgan fingerprint density at radius 2 is 1.01 bits per heavy atom. The second-order valence-corrected chi connectivity index (χ2v) is 30.8. The van der Waals surface area contributed by atoms with E-state index >= 15 is 0 Å². The molecule has 5 amide bonds. The Morgan fingerprint density at radius 3 is 1.21 bits per heavy atom. The predicted molar refractivity (Wildman–Crippen MR) is 370 cm³/mol. The van der Waals surface area contributed by atoms with Crippen LogP contribution in [0.4, 0.5) is 20.2 Å². The smallest absolute Gasteiger partial charge is 0.310 e. The summed E-state index contributed by atoms with van der Waals surface area (Å²) in [4.78, 5) is 84.6. The molecule has 91 heavy (non-hydrogen) atoms. The zero-order valence-electron chi connectivity index (χ0n) is 61.7. The van der Waals surface area contributed by atoms with Crippen LogP contribution < -0.4 is 32.9 Å². The number of benzene rings is 2. The van der Waals surface area contributed by atoms with Crippen molar-refractivity contribution in [3.05, 3.63) is 94.4 Å². The standard InChI is InChI=1S/C14H18N2O.C12H16N2.C8H15NO.C6H10F2.C6H13NO.C6H11N.C6H12O2.C5H11NO2.C5H11NO.C2H4O2/c1-9(17)15-13-8-10-7-11(14(2,3)4)5-6-12(10)16-13;1-12(2,3)9-4-5-10-8(6-9)7-11(13)14-10;1-8(2,3)6-5-7(10)9-4;1-6(2,3)4-5(7)8;1-6(2,3)5(8)7-4;1-6(2,3)5-7-4;1-6(2,3)5(7)8-4;1-5(2,3)4(7)6-8;1-5(2,3)4(6)7;1-2(3)4/h5-7H,8H2,1-4H3,(H,15,16,17);4-6H,7H2,1-3H3,(H2,13,14);5-6H,1-4H3,(H,9,10);4H,1-3H3;1-4H3,(H,7,8);5H2,1-3H3;1-4H3;8H,1-3H3,(H,6,7);1-3H3,(H2,6,7);1H3,(H,3,4)/b;;6-5+;;;;;;;. The van der Waals surface area contributed by atoms with Crippen molar-refractivity contribution in [2.45, 2.75) is 224 Å². The number of carbonyl (C=O) groups excluding carboxylic acids is 6. The lowest BCUT2D eigenvalue weighted by molar-refractivity contribution is -0.149. The number of carboxylic acid groups (broad SMARTS) is 1. The molecule has 0 bridgehead atoms. The number of primary amides is 1. The Bertz CT molecular complexity index is 2700. The number of hydroxylamine groups is 1. The van der Waals surface area contributed by atoms with E-state index in [2.05, 4.69) is 128 Å². The van der Waals surface area contributed by atoms with E-state index in [1.54, 1.807) is 88.0 Å². The van der Waals surface area contributed by atoms with Gasteiger partial charge in [-0.05, 0) is 89.0 Å². The maximum atomic E-state index is 11.4. The summed E-state index contributed by atoms with van der Waals surface area (Å²) in [6.45, 7) is 62.1. The molecule has 2 aromatic rings. The van der Waals surface area contributed by atoms with E-state index in [1.165, 1.54) is 36.3 Å². The monoisotopic (exact) mass is 1290 g/mol. The summed E-state index contributed by atoms with van der Waals surface area (Å²) in [7, 11) is 4.66. The van der Waals surface area contributed by atoms with Gasteiger partial charge in [0.2, 0.25) is 36.1 Å². The molecular formula is C70H121F2N9O10. The molecule has 10 N–H and O–H groups in total. The van der Waals surface area contributed by atoms with Crippen molar-refractivity contribution >= 4 is 64.5 Å². The first-order valence-electron chi connectivity index (χ1n) is 29.9. The molecule has 0 unspecified atom stereocenters. The van der Waals surface area contributed by atoms with Gasteiger partial charge in [-0.3, -0.25) is 38.8 Å². The average Bonchev–Trinajstić information content (AvgIpc) is 1.77. The Balaban J connectivity index is -0.000000226. The molecule has 2 aliphatic rings. The number of nitrogens with two attached hydrogens (primary N) is 2. The maximum Gasteiger partial charge on any atom is 0.310 e. The summed E-state index contributed by atoms with van der Waals surface area (Å²) in [6, 6.07) is 12.8. The number of nitrogens with zero attached hydrogens (tertiary/aromatic N) is 3. The summed E-state index contributed by atoms with van der Waals surface area (Å²) in [5, 5.41) is 23.3. The molecule has 2 aromatic carbocycles. The van der Waals surface area contributed by atoms with Crippen LogP contribution in [0.5, 0.6) is 0 Å². The summed E-state index contributed by atoms with van der Waals surface area (Å²) in [6.07, 6.45) is 4.30. The molecule has 19 nitrogen and oxygen atoms in total. The van der Waals surface area contributed by atoms with E-state index in [-0.39, 0.29) is 73.4 Å². The van der Waals surface area contributed by atoms with E-state index in [0.29, 0.717) is 6.54 Å². The van der Waals surface area contributed by atoms with Crippen LogP contribution in [0.3, 0.4) is 0 Å². The highest BCUT2D eigenvalue weighted by Crippen LogP contribution is 2.33. The third-order valence-corrected chi connectivity index (χ3v) is 10.8. The first-order valence-corrected chi connectivity index (χ1v) is 29.9. The van der Waals surface area contributed by atoms with E-state index < -0.39 is 22.9 Å². The Hall–Kier alpha value is -7.34. The van der Waals surface area contributed by atoms with Crippen molar-refractivity contribution in [3.8, 4) is 0 Å². The summed E-state index contributed by atoms with van der Waals surface area (Å²) in [5.74, 6) is -0.174. The number of likely N-dealkylation sites (N-methyl/N-ethyl adjacent to an activating group) is 1. The zero-order chi connectivity index (χ0) is 73.9. The molecule has 0 fully saturated rings. The number of hydrogen-bond acceptors (Lipinski definition) is 12. The van der Waals surface area contributed by atoms with Gasteiger partial charge in [-0.15, -0.1) is 0 Å². The van der Waals surface area contributed by atoms with Gasteiger partial charge in [-0.25, -0.2) is 22.0 Å². The van der Waals surface area contributed by atoms with Crippen LogP contribution in [0, 0.1) is 44.5 Å². The molecule has 4 rings (SSSR count). The normalized spacial score (nSPS) is 12.2. The van der Waals surface area contributed by atoms with E-state index in [0.717, 1.165) is 48.9 Å². The Morgan fingerprint density at radius 1 is 0.626 bits per heavy atom. The van der Waals surface area contributed by atoms with Gasteiger partial charge in [-0.2, -0.15) is 8.78 Å². The van der Waals surface area contributed by atoms with Crippen LogP contribution in [-0.2, 0) is 62.0 Å². The van der Waals surface area contributed by atoms with Crippen molar-refractivity contribution in [3.63, 3.8) is 0 Å². The van der Waals surface area contributed by atoms with Crippen LogP contribution >= 0.6 is 0 Å². The average molecular weight is 1290 g/mol. The zero-order valence-corrected chi connectivity index (χ0v) is 61.7. The Kier molecular flexibility index (Phi) is 43.7. The van der Waals surface area contributed by atoms with Crippen LogP contribution in [0.25, 0.3) is 4.85 Å². The number of aliphatic imine (C=N–C) groups is 2. The summed E-state index contributed by atoms with van der Waals surface area (Å²) < 4.78 is 27.3. The largest absolute Gasteiger partial charge is 0.481 e. The third kappa shape index (κ3) is 56.4. The van der Waals surface area contributed by atoms with Crippen LogP contribution in [0.15, 0.2) is 70.7 Å². The molecule has 0 aliphatic carbocycles. The number of halogens is 2. The molecule has 21 heteroatoms. The number of amides is 5. The van der Waals surface area contributed by atoms with Crippen molar-refractivity contribution < 1.29 is 57.4 Å². The van der Waals surface area contributed by atoms with Crippen molar-refractivity contribution in [1.29, 1.82) is 0 Å². The molecule has 0 radical (unpaired) electrons. The van der Waals surface area contributed by atoms with Gasteiger partial charge >= 0.3 is 5.97 Å². The highest BCUT2D eigenvalue weighted by molar-refractivity contribution is 6.02. The van der Waals surface area contributed by atoms with Crippen molar-refractivity contribution in [2.24, 2.45) is 59.4 Å². The lowest BCUT2D eigenvalue weighted by Gasteiger charge is -2.19. The lowest BCUT2D eigenvalue weighted by atomic mass is 9.86. The van der Waals surface area contributed by atoms with Crippen LogP contribution in [0.2, 0.25) is 0 Å². The minimum Gasteiger partial charge on any atom is -0.481 e. The van der Waals surface area contributed by atoms with E-state index in [9.17, 15) is 37.5 Å². The minimum atomic E-state index is -1.60. The van der Waals surface area contributed by atoms with Gasteiger partial charge in [0.1, 0.15) is 11.7 Å². The highest BCUT2D eigenvalue weighted by Gasteiger charge is 2.24. The minimum absolute atomic E-state index is 0.0464. The van der Waals surface area contributed by atoms with E-state index in [4.69, 9.17) is 33.1 Å². The number of carbonyl (C=O) groups is 7. The number of ether oxygens (including phenoxy) is 1. The number of methoxy groups -OCH3 is 1. The number of amidine groups is 2. The van der Waals surface area contributed by atoms with Crippen LogP contribution in [0.1, 0.15) is 223 Å². The van der Waals surface area contributed by atoms with Gasteiger partial charge in [0.25, 0.3) is 12.0 Å². The van der Waals surface area contributed by atoms with Crippen molar-refractivity contribution in [1.82, 2.24) is 21.4 Å². The fourth-order valence-electron chi connectivity index (χ4n) is 5.46. The molecule has 2 aliphatic heterocycles. The molecule has 520 valence electrons. The van der Waals surface area contributed by atoms with Gasteiger partial charge < -0.3 is 42.1 Å². The number of carboxylic acids is 1. The number of allylic oxidation sites excluding steroid dienone is 2. The molecule has 0 spiro atoms. The fourth-order valence-corrected chi connectivity index (χ4v) is 5.46. The van der Waals surface area contributed by atoms with Crippen molar-refractivity contribution in [2.75, 3.05) is 27.7 Å². The number of esters is 1. The third-order valence-electron chi connectivity index (χ3n) is 10.8. The molecule has 0 saturated carbocycles. The number of nitrogens with one attached hydrogen (secondary N) is 4. The number of rotatable bonds is 1.